The van der Waals surface area contributed by atoms with Crippen LogP contribution < -0.4 is 5.32 Å². The molecule has 30 heavy (non-hydrogen) atoms. The first-order valence-corrected chi connectivity index (χ1v) is 11.2. The van der Waals surface area contributed by atoms with Gasteiger partial charge >= 0.3 is 0 Å². The van der Waals surface area contributed by atoms with Crippen LogP contribution in [0.1, 0.15) is 30.7 Å². The van der Waals surface area contributed by atoms with E-state index in [2.05, 4.69) is 31.5 Å². The molecule has 154 valence electrons. The van der Waals surface area contributed by atoms with Gasteiger partial charge in [-0.1, -0.05) is 0 Å². The molecule has 0 fully saturated rings. The molecule has 1 amide bonds. The Morgan fingerprint density at radius 2 is 2.17 bits per heavy atom. The molecule has 3 aromatic heterocycles. The van der Waals surface area contributed by atoms with Crippen molar-refractivity contribution in [2.75, 3.05) is 18.4 Å². The number of nitrogens with zero attached hydrogens (tertiary/aromatic N) is 4. The van der Waals surface area contributed by atoms with E-state index in [9.17, 15) is 4.79 Å². The Hall–Kier alpha value is -3.00. The van der Waals surface area contributed by atoms with E-state index in [4.69, 9.17) is 0 Å². The summed E-state index contributed by atoms with van der Waals surface area (Å²) in [7, 11) is 0. The molecule has 2 N–H and O–H groups in total. The predicted molar refractivity (Wildman–Crippen MR) is 120 cm³/mol. The van der Waals surface area contributed by atoms with Gasteiger partial charge in [-0.15, -0.1) is 11.3 Å². The van der Waals surface area contributed by atoms with E-state index in [1.54, 1.807) is 17.7 Å². The van der Waals surface area contributed by atoms with Crippen molar-refractivity contribution in [3.05, 3.63) is 41.2 Å². The number of aromatic nitrogens is 4. The van der Waals surface area contributed by atoms with Crippen molar-refractivity contribution >= 4 is 49.9 Å². The minimum atomic E-state index is 0.0679. The summed E-state index contributed by atoms with van der Waals surface area (Å²) >= 11 is 1.70. The zero-order valence-electron chi connectivity index (χ0n) is 17.1. The molecule has 5 rings (SSSR count). The molecular weight excluding hydrogens is 396 g/mol. The van der Waals surface area contributed by atoms with Crippen molar-refractivity contribution in [3.63, 3.8) is 0 Å². The fourth-order valence-corrected chi connectivity index (χ4v) is 5.63. The molecule has 0 spiro atoms. The average Bonchev–Trinajstić information content (AvgIpc) is 3.38. The van der Waals surface area contributed by atoms with Crippen LogP contribution in [-0.4, -0.2) is 44.1 Å². The number of benzene rings is 1. The first-order chi connectivity index (χ1) is 14.7. The van der Waals surface area contributed by atoms with Crippen LogP contribution in [0.2, 0.25) is 0 Å². The van der Waals surface area contributed by atoms with Crippen LogP contribution >= 0.6 is 11.3 Å². The van der Waals surface area contributed by atoms with Gasteiger partial charge in [0.15, 0.2) is 0 Å². The van der Waals surface area contributed by atoms with Gasteiger partial charge in [0.2, 0.25) is 5.91 Å². The van der Waals surface area contributed by atoms with E-state index in [0.717, 1.165) is 65.0 Å². The number of amides is 1. The number of hydrogen-bond acceptors (Lipinski definition) is 6. The highest BCUT2D eigenvalue weighted by Crippen LogP contribution is 2.40. The molecular formula is C22H24N6OS. The summed E-state index contributed by atoms with van der Waals surface area (Å²) in [5.74, 6) is 1.17. The quantitative estimate of drug-likeness (QED) is 0.503. The summed E-state index contributed by atoms with van der Waals surface area (Å²) in [5.41, 5.74) is 3.27. The summed E-state index contributed by atoms with van der Waals surface area (Å²) in [6, 6.07) is 6.09. The number of hydrogen-bond donors (Lipinski definition) is 2. The number of aryl methyl sites for hydroxylation is 1. The highest BCUT2D eigenvalue weighted by Gasteiger charge is 2.30. The van der Waals surface area contributed by atoms with Crippen LogP contribution in [0.3, 0.4) is 0 Å². The zero-order chi connectivity index (χ0) is 20.7. The van der Waals surface area contributed by atoms with Crippen LogP contribution in [0, 0.1) is 5.92 Å². The van der Waals surface area contributed by atoms with Crippen molar-refractivity contribution < 1.29 is 4.79 Å². The first kappa shape index (κ1) is 19.0. The minimum absolute atomic E-state index is 0.0679. The average molecular weight is 421 g/mol. The Labute approximate surface area is 178 Å². The van der Waals surface area contributed by atoms with Gasteiger partial charge in [0, 0.05) is 35.0 Å². The Kier molecular flexibility index (Phi) is 4.86. The van der Waals surface area contributed by atoms with Gasteiger partial charge in [-0.05, 0) is 56.9 Å². The topological polar surface area (TPSA) is 86.8 Å². The van der Waals surface area contributed by atoms with Gasteiger partial charge in [0.25, 0.3) is 0 Å². The van der Waals surface area contributed by atoms with E-state index < -0.39 is 0 Å². The predicted octanol–water partition coefficient (Wildman–Crippen LogP) is 4.28. The van der Waals surface area contributed by atoms with Crippen molar-refractivity contribution in [3.8, 4) is 0 Å². The zero-order valence-corrected chi connectivity index (χ0v) is 17.9. The lowest BCUT2D eigenvalue weighted by atomic mass is 9.87. The number of rotatable bonds is 5. The smallest absolute Gasteiger partial charge is 0.226 e. The van der Waals surface area contributed by atoms with Gasteiger partial charge in [-0.3, -0.25) is 9.89 Å². The van der Waals surface area contributed by atoms with Gasteiger partial charge in [-0.2, -0.15) is 5.10 Å². The molecule has 0 bridgehead atoms. The van der Waals surface area contributed by atoms with Crippen LogP contribution in [0.15, 0.2) is 30.7 Å². The molecule has 0 saturated heterocycles. The number of aromatic amines is 1. The third-order valence-corrected chi connectivity index (χ3v) is 7.13. The van der Waals surface area contributed by atoms with Crippen LogP contribution in [0.4, 0.5) is 11.5 Å². The number of thiophene rings is 1. The van der Waals surface area contributed by atoms with Gasteiger partial charge in [-0.25, -0.2) is 9.97 Å². The Morgan fingerprint density at radius 3 is 3.00 bits per heavy atom. The molecule has 3 heterocycles. The molecule has 7 nitrogen and oxygen atoms in total. The largest absolute Gasteiger partial charge is 0.343 e. The van der Waals surface area contributed by atoms with E-state index in [-0.39, 0.29) is 11.8 Å². The second-order valence-corrected chi connectivity index (χ2v) is 8.74. The van der Waals surface area contributed by atoms with Crippen LogP contribution in [-0.2, 0) is 17.6 Å². The van der Waals surface area contributed by atoms with E-state index in [1.807, 2.05) is 37.1 Å². The molecule has 1 aliphatic carbocycles. The normalized spacial score (nSPS) is 16.0. The fourth-order valence-electron chi connectivity index (χ4n) is 4.37. The third kappa shape index (κ3) is 3.21. The number of nitrogens with one attached hydrogen (secondary N) is 2. The maximum atomic E-state index is 12.9. The fraction of sp³-hybridized carbons (Fsp3) is 0.364. The van der Waals surface area contributed by atoms with Crippen LogP contribution in [0.5, 0.6) is 0 Å². The number of carbonyl (C=O) groups excluding carboxylic acids is 1. The summed E-state index contributed by atoms with van der Waals surface area (Å²) in [6.07, 6.45) is 5.99. The molecule has 1 aromatic carbocycles. The molecule has 1 atom stereocenters. The summed E-state index contributed by atoms with van der Waals surface area (Å²) in [4.78, 5) is 26.1. The minimum Gasteiger partial charge on any atom is -0.343 e. The number of fused-ring (bicyclic) bond motifs is 4. The molecule has 0 aliphatic heterocycles. The Bertz CT molecular complexity index is 1230. The summed E-state index contributed by atoms with van der Waals surface area (Å²) < 4.78 is 0. The highest BCUT2D eigenvalue weighted by molar-refractivity contribution is 7.19. The SMILES string of the molecule is CCN(CC)C(=O)[C@H]1CCc2c(sc3ncnc(Nc4ccc5[nH]ncc5c4)c23)C1. The van der Waals surface area contributed by atoms with E-state index in [1.165, 1.54) is 10.4 Å². The summed E-state index contributed by atoms with van der Waals surface area (Å²) in [5, 5.41) is 12.7. The second kappa shape index (κ2) is 7.68. The highest BCUT2D eigenvalue weighted by atomic mass is 32.1. The number of anilines is 2. The standard InChI is InChI=1S/C22H24N6OS/c1-3-28(4-2)22(29)13-5-7-16-18(10-13)30-21-19(16)20(23-12-24-21)26-15-6-8-17-14(9-15)11-25-27-17/h6,8-9,11-13H,3-5,7,10H2,1-2H3,(H,25,27)(H,23,24,26)/t13-/m0/s1. The molecule has 0 saturated carbocycles. The Balaban J connectivity index is 1.47. The molecule has 1 aliphatic rings. The van der Waals surface area contributed by atoms with Crippen molar-refractivity contribution in [2.24, 2.45) is 5.92 Å². The lowest BCUT2D eigenvalue weighted by Gasteiger charge is -2.27. The second-order valence-electron chi connectivity index (χ2n) is 7.65. The van der Waals surface area contributed by atoms with Crippen molar-refractivity contribution in [1.29, 1.82) is 0 Å². The van der Waals surface area contributed by atoms with E-state index in [0.29, 0.717) is 0 Å². The third-order valence-electron chi connectivity index (χ3n) is 5.97. The van der Waals surface area contributed by atoms with Gasteiger partial charge in [0.1, 0.15) is 17.0 Å². The molecule has 0 unspecified atom stereocenters. The molecule has 0 radical (unpaired) electrons. The monoisotopic (exact) mass is 420 g/mol. The van der Waals surface area contributed by atoms with Crippen molar-refractivity contribution in [1.82, 2.24) is 25.1 Å². The maximum absolute atomic E-state index is 12.9. The number of carbonyl (C=O) groups is 1. The first-order valence-electron chi connectivity index (χ1n) is 10.4. The van der Waals surface area contributed by atoms with Crippen LogP contribution in [0.25, 0.3) is 21.1 Å². The lowest BCUT2D eigenvalue weighted by molar-refractivity contribution is -0.135. The number of H-pyrrole nitrogens is 1. The molecule has 4 aromatic rings. The van der Waals surface area contributed by atoms with Crippen molar-refractivity contribution in [2.45, 2.75) is 33.1 Å². The maximum Gasteiger partial charge on any atom is 0.226 e. The van der Waals surface area contributed by atoms with Gasteiger partial charge < -0.3 is 10.2 Å². The molecule has 8 heteroatoms. The lowest BCUT2D eigenvalue weighted by Crippen LogP contribution is -2.37. The van der Waals surface area contributed by atoms with E-state index >= 15 is 0 Å². The summed E-state index contributed by atoms with van der Waals surface area (Å²) in [6.45, 7) is 5.63. The Morgan fingerprint density at radius 1 is 1.30 bits per heavy atom. The van der Waals surface area contributed by atoms with Gasteiger partial charge in [0.05, 0.1) is 17.1 Å².